The maximum absolute atomic E-state index is 12.1. The number of carbonyl (C=O) groups is 2. The molecule has 27 heavy (non-hydrogen) atoms. The smallest absolute Gasteiger partial charge is 0.315 e. The summed E-state index contributed by atoms with van der Waals surface area (Å²) in [5.41, 5.74) is 0.971. The van der Waals surface area contributed by atoms with E-state index in [0.717, 1.165) is 30.6 Å². The number of rotatable bonds is 9. The molecule has 2 heterocycles. The number of ether oxygens (including phenoxy) is 2. The molecule has 0 aliphatic carbocycles. The predicted molar refractivity (Wildman–Crippen MR) is 105 cm³/mol. The van der Waals surface area contributed by atoms with E-state index in [0.29, 0.717) is 29.7 Å². The Hall–Kier alpha value is -2.09. The van der Waals surface area contributed by atoms with E-state index in [2.05, 4.69) is 16.0 Å². The highest BCUT2D eigenvalue weighted by Gasteiger charge is 2.42. The number of benzene rings is 1. The van der Waals surface area contributed by atoms with Crippen molar-refractivity contribution >= 4 is 23.7 Å². The van der Waals surface area contributed by atoms with Crippen molar-refractivity contribution in [2.45, 2.75) is 49.6 Å². The quantitative estimate of drug-likeness (QED) is 0.441. The van der Waals surface area contributed by atoms with Gasteiger partial charge >= 0.3 is 6.03 Å². The van der Waals surface area contributed by atoms with Gasteiger partial charge in [-0.2, -0.15) is 11.8 Å². The van der Waals surface area contributed by atoms with Gasteiger partial charge < -0.3 is 25.4 Å². The van der Waals surface area contributed by atoms with Gasteiger partial charge in [-0.05, 0) is 30.5 Å². The summed E-state index contributed by atoms with van der Waals surface area (Å²) in [6, 6.07) is 6.07. The Balaban J connectivity index is 1.34. The second-order valence-corrected chi connectivity index (χ2v) is 8.11. The molecule has 0 bridgehead atoms. The number of urea groups is 1. The number of hydrogen-bond donors (Lipinski definition) is 3. The molecule has 2 saturated heterocycles. The molecule has 2 aliphatic heterocycles. The first-order valence-corrected chi connectivity index (χ1v) is 10.3. The fourth-order valence-corrected chi connectivity index (χ4v) is 5.10. The Morgan fingerprint density at radius 1 is 1.22 bits per heavy atom. The summed E-state index contributed by atoms with van der Waals surface area (Å²) in [5.74, 6) is 2.36. The third-order valence-electron chi connectivity index (χ3n) is 5.02. The Labute approximate surface area is 163 Å². The summed E-state index contributed by atoms with van der Waals surface area (Å²) in [7, 11) is 3.19. The molecule has 0 saturated carbocycles. The Morgan fingerprint density at radius 2 is 2.04 bits per heavy atom. The van der Waals surface area contributed by atoms with Gasteiger partial charge in [0.2, 0.25) is 5.91 Å². The van der Waals surface area contributed by atoms with Crippen LogP contribution in [0.1, 0.15) is 31.2 Å². The molecule has 0 radical (unpaired) electrons. The second kappa shape index (κ2) is 9.21. The molecule has 1 aromatic carbocycles. The van der Waals surface area contributed by atoms with Crippen molar-refractivity contribution in [2.75, 3.05) is 20.0 Å². The van der Waals surface area contributed by atoms with Crippen LogP contribution in [0.2, 0.25) is 0 Å². The van der Waals surface area contributed by atoms with E-state index in [1.807, 2.05) is 30.0 Å². The second-order valence-electron chi connectivity index (χ2n) is 6.83. The van der Waals surface area contributed by atoms with Crippen molar-refractivity contribution in [1.29, 1.82) is 0 Å². The number of thioether (sulfide) groups is 1. The minimum atomic E-state index is -0.0511. The molecule has 0 unspecified atom stereocenters. The van der Waals surface area contributed by atoms with Crippen molar-refractivity contribution in [2.24, 2.45) is 0 Å². The lowest BCUT2D eigenvalue weighted by molar-refractivity contribution is -0.121. The van der Waals surface area contributed by atoms with E-state index in [1.165, 1.54) is 0 Å². The largest absolute Gasteiger partial charge is 0.493 e. The molecule has 3 N–H and O–H groups in total. The first-order valence-electron chi connectivity index (χ1n) is 9.27. The fourth-order valence-electron chi connectivity index (χ4n) is 3.55. The molecule has 0 aromatic heterocycles. The Bertz CT molecular complexity index is 685. The number of methoxy groups -OCH3 is 2. The summed E-state index contributed by atoms with van der Waals surface area (Å²) in [6.45, 7) is 0.471. The summed E-state index contributed by atoms with van der Waals surface area (Å²) < 4.78 is 10.5. The van der Waals surface area contributed by atoms with Gasteiger partial charge in [0.1, 0.15) is 0 Å². The number of hydrogen-bond acceptors (Lipinski definition) is 5. The molecule has 3 amide bonds. The lowest BCUT2D eigenvalue weighted by Gasteiger charge is -2.16. The van der Waals surface area contributed by atoms with E-state index in [-0.39, 0.29) is 24.0 Å². The van der Waals surface area contributed by atoms with Gasteiger partial charge in [0.25, 0.3) is 0 Å². The van der Waals surface area contributed by atoms with E-state index in [4.69, 9.17) is 9.47 Å². The molecule has 3 rings (SSSR count). The Kier molecular flexibility index (Phi) is 6.71. The van der Waals surface area contributed by atoms with Crippen LogP contribution in [0, 0.1) is 0 Å². The summed E-state index contributed by atoms with van der Waals surface area (Å²) in [5, 5.41) is 9.35. The van der Waals surface area contributed by atoms with Crippen molar-refractivity contribution in [3.05, 3.63) is 23.8 Å². The van der Waals surface area contributed by atoms with Crippen molar-refractivity contribution in [3.63, 3.8) is 0 Å². The molecular weight excluding hydrogens is 366 g/mol. The van der Waals surface area contributed by atoms with Gasteiger partial charge in [0.15, 0.2) is 11.5 Å². The average molecular weight is 394 g/mol. The number of nitrogens with one attached hydrogen (secondary N) is 3. The minimum Gasteiger partial charge on any atom is -0.493 e. The highest BCUT2D eigenvalue weighted by Crippen LogP contribution is 2.33. The molecule has 0 spiro atoms. The standard InChI is InChI=1S/C19H27N3O4S/c1-25-14-8-7-12(9-15(14)26-2)10-20-17(23)6-4-3-5-16-18-13(11-27-16)21-19(24)22-18/h7-9,13,16,18H,3-6,10-11H2,1-2H3,(H,20,23)(H2,21,22,24)/t13-,16-,18-/m0/s1. The highest BCUT2D eigenvalue weighted by molar-refractivity contribution is 8.00. The van der Waals surface area contributed by atoms with Gasteiger partial charge in [0.05, 0.1) is 26.3 Å². The van der Waals surface area contributed by atoms with Crippen molar-refractivity contribution in [1.82, 2.24) is 16.0 Å². The highest BCUT2D eigenvalue weighted by atomic mass is 32.2. The lowest BCUT2D eigenvalue weighted by atomic mass is 10.0. The van der Waals surface area contributed by atoms with E-state index in [1.54, 1.807) is 14.2 Å². The third kappa shape index (κ3) is 5.00. The minimum absolute atomic E-state index is 0.0511. The zero-order valence-corrected chi connectivity index (χ0v) is 16.6. The van der Waals surface area contributed by atoms with Crippen LogP contribution >= 0.6 is 11.8 Å². The first-order chi connectivity index (χ1) is 13.1. The molecule has 7 nitrogen and oxygen atoms in total. The van der Waals surface area contributed by atoms with Crippen LogP contribution in [-0.2, 0) is 11.3 Å². The van der Waals surface area contributed by atoms with Gasteiger partial charge in [-0.25, -0.2) is 4.79 Å². The van der Waals surface area contributed by atoms with Crippen molar-refractivity contribution < 1.29 is 19.1 Å². The Morgan fingerprint density at radius 3 is 2.81 bits per heavy atom. The number of carbonyl (C=O) groups excluding carboxylic acids is 2. The number of amides is 3. The van der Waals surface area contributed by atoms with Gasteiger partial charge in [-0.1, -0.05) is 12.5 Å². The molecule has 8 heteroatoms. The van der Waals surface area contributed by atoms with Gasteiger partial charge in [-0.3, -0.25) is 4.79 Å². The molecule has 2 aliphatic rings. The summed E-state index contributed by atoms with van der Waals surface area (Å²) >= 11 is 1.91. The lowest BCUT2D eigenvalue weighted by Crippen LogP contribution is -2.36. The SMILES string of the molecule is COc1ccc(CNC(=O)CCCC[C@@H]2SC[C@@H]3NC(=O)N[C@@H]32)cc1OC. The van der Waals surface area contributed by atoms with Crippen LogP contribution in [0.3, 0.4) is 0 Å². The van der Waals surface area contributed by atoms with Crippen LogP contribution in [0.25, 0.3) is 0 Å². The van der Waals surface area contributed by atoms with E-state index >= 15 is 0 Å². The van der Waals surface area contributed by atoms with Crippen LogP contribution in [-0.4, -0.2) is 49.2 Å². The summed E-state index contributed by atoms with van der Waals surface area (Å²) in [6.07, 6.45) is 3.38. The fraction of sp³-hybridized carbons (Fsp3) is 0.579. The van der Waals surface area contributed by atoms with Gasteiger partial charge in [-0.15, -0.1) is 0 Å². The molecule has 1 aromatic rings. The van der Waals surface area contributed by atoms with E-state index in [9.17, 15) is 9.59 Å². The van der Waals surface area contributed by atoms with Crippen molar-refractivity contribution in [3.8, 4) is 11.5 Å². The monoisotopic (exact) mass is 393 g/mol. The average Bonchev–Trinajstić information content (AvgIpc) is 3.22. The van der Waals surface area contributed by atoms with E-state index < -0.39 is 0 Å². The maximum atomic E-state index is 12.1. The zero-order chi connectivity index (χ0) is 19.2. The number of unbranched alkanes of at least 4 members (excludes halogenated alkanes) is 1. The third-order valence-corrected chi connectivity index (χ3v) is 6.53. The van der Waals surface area contributed by atoms with Crippen LogP contribution < -0.4 is 25.4 Å². The topological polar surface area (TPSA) is 88.7 Å². The van der Waals surface area contributed by atoms with Crippen LogP contribution in [0.4, 0.5) is 4.79 Å². The molecule has 3 atom stereocenters. The van der Waals surface area contributed by atoms with Gasteiger partial charge in [0, 0.05) is 24.0 Å². The van der Waals surface area contributed by atoms with Crippen LogP contribution in [0.15, 0.2) is 18.2 Å². The first kappa shape index (κ1) is 19.7. The summed E-state index contributed by atoms with van der Waals surface area (Å²) in [4.78, 5) is 23.5. The predicted octanol–water partition coefficient (Wildman–Crippen LogP) is 2.05. The normalized spacial score (nSPS) is 23.3. The molecular formula is C19H27N3O4S. The van der Waals surface area contributed by atoms with Crippen LogP contribution in [0.5, 0.6) is 11.5 Å². The zero-order valence-electron chi connectivity index (χ0n) is 15.7. The maximum Gasteiger partial charge on any atom is 0.315 e. The molecule has 148 valence electrons. The number of fused-ring (bicyclic) bond motifs is 1. The molecule has 2 fully saturated rings.